The van der Waals surface area contributed by atoms with Gasteiger partial charge in [0.2, 0.25) is 0 Å². The van der Waals surface area contributed by atoms with E-state index in [9.17, 15) is 4.57 Å². The van der Waals surface area contributed by atoms with Gasteiger partial charge >= 0.3 is 7.82 Å². The Morgan fingerprint density at radius 3 is 1.45 bits per heavy atom. The van der Waals surface area contributed by atoms with Crippen molar-refractivity contribution in [2.24, 2.45) is 0 Å². The molecule has 0 aromatic carbocycles. The van der Waals surface area contributed by atoms with E-state index < -0.39 is 7.82 Å². The second kappa shape index (κ2) is 16.1. The van der Waals surface area contributed by atoms with Crippen LogP contribution in [-0.4, -0.2) is 16.4 Å². The van der Waals surface area contributed by atoms with Crippen molar-refractivity contribution in [1.82, 2.24) is 0 Å². The fraction of sp³-hybridized carbons (Fsp3) is 1.00. The van der Waals surface area contributed by atoms with E-state index in [4.69, 9.17) is 9.79 Å². The van der Waals surface area contributed by atoms with E-state index in [-0.39, 0.29) is 26.1 Å². The van der Waals surface area contributed by atoms with Crippen molar-refractivity contribution in [1.29, 1.82) is 0 Å². The molecule has 0 unspecified atom stereocenters. The van der Waals surface area contributed by atoms with Crippen molar-refractivity contribution in [3.05, 3.63) is 0 Å². The van der Waals surface area contributed by atoms with E-state index >= 15 is 0 Å². The molecule has 0 aliphatic heterocycles. The van der Waals surface area contributed by atoms with E-state index in [0.717, 1.165) is 19.3 Å². The zero-order valence-electron chi connectivity index (χ0n) is 13.1. The van der Waals surface area contributed by atoms with Gasteiger partial charge in [-0.3, -0.25) is 4.52 Å². The van der Waals surface area contributed by atoms with E-state index in [0.29, 0.717) is 0 Å². The van der Waals surface area contributed by atoms with E-state index in [1.807, 2.05) is 0 Å². The molecule has 0 aromatic heterocycles. The number of hydrogen-bond acceptors (Lipinski definition) is 2. The summed E-state index contributed by atoms with van der Waals surface area (Å²) in [4.78, 5) is 17.0. The van der Waals surface area contributed by atoms with Crippen molar-refractivity contribution in [3.8, 4) is 0 Å². The Labute approximate surface area is 137 Å². The SMILES string of the molecule is CCCCCCCCCCCCCCOP(=O)(O)O.[Zn]. The Balaban J connectivity index is 0. The number of rotatable bonds is 14. The summed E-state index contributed by atoms with van der Waals surface area (Å²) in [7, 11) is -4.25. The first kappa shape index (κ1) is 23.0. The van der Waals surface area contributed by atoms with Gasteiger partial charge in [-0.1, -0.05) is 77.6 Å². The van der Waals surface area contributed by atoms with Crippen LogP contribution < -0.4 is 0 Å². The Morgan fingerprint density at radius 1 is 0.750 bits per heavy atom. The fourth-order valence-corrected chi connectivity index (χ4v) is 2.49. The summed E-state index contributed by atoms with van der Waals surface area (Å²) in [6.07, 6.45) is 14.9. The predicted molar refractivity (Wildman–Crippen MR) is 79.1 cm³/mol. The Hall–Kier alpha value is 0.733. The molecule has 0 saturated heterocycles. The molecule has 0 fully saturated rings. The molecule has 0 rings (SSSR count). The molecule has 4 nitrogen and oxygen atoms in total. The van der Waals surface area contributed by atoms with Crippen LogP contribution in [0.15, 0.2) is 0 Å². The minimum absolute atomic E-state index is 0. The van der Waals surface area contributed by atoms with Gasteiger partial charge in [-0.25, -0.2) is 4.57 Å². The van der Waals surface area contributed by atoms with Crippen molar-refractivity contribution >= 4 is 7.82 Å². The zero-order valence-corrected chi connectivity index (χ0v) is 16.9. The molecule has 0 aromatic rings. The molecule has 20 heavy (non-hydrogen) atoms. The number of hydrogen-bond donors (Lipinski definition) is 2. The molecule has 0 aliphatic carbocycles. The molecule has 6 heteroatoms. The first-order chi connectivity index (χ1) is 9.06. The summed E-state index contributed by atoms with van der Waals surface area (Å²) in [6, 6.07) is 0. The zero-order chi connectivity index (χ0) is 14.4. The molecule has 0 spiro atoms. The average molecular weight is 360 g/mol. The van der Waals surface area contributed by atoms with Crippen LogP contribution in [0.25, 0.3) is 0 Å². The van der Waals surface area contributed by atoms with Crippen LogP contribution in [-0.2, 0) is 28.6 Å². The summed E-state index contributed by atoms with van der Waals surface area (Å²) < 4.78 is 14.8. The first-order valence-electron chi connectivity index (χ1n) is 7.76. The molecule has 2 N–H and O–H groups in total. The second-order valence-electron chi connectivity index (χ2n) is 5.21. The number of unbranched alkanes of at least 4 members (excludes halogenated alkanes) is 11. The number of phosphoric acid groups is 1. The van der Waals surface area contributed by atoms with Crippen LogP contribution in [0.4, 0.5) is 0 Å². The topological polar surface area (TPSA) is 66.8 Å². The van der Waals surface area contributed by atoms with Crippen molar-refractivity contribution < 1.29 is 38.4 Å². The standard InChI is InChI=1S/C14H31O4P.Zn/c1-2-3-4-5-6-7-8-9-10-11-12-13-14-18-19(15,16)17;/h2-14H2,1H3,(H2,15,16,17);. The van der Waals surface area contributed by atoms with Gasteiger partial charge in [0.15, 0.2) is 0 Å². The Bertz CT molecular complexity index is 233. The van der Waals surface area contributed by atoms with Crippen LogP contribution in [0.3, 0.4) is 0 Å². The second-order valence-corrected chi connectivity index (χ2v) is 6.45. The summed E-state index contributed by atoms with van der Waals surface area (Å²) >= 11 is 0. The molecular weight excluding hydrogens is 329 g/mol. The number of phosphoric ester groups is 1. The van der Waals surface area contributed by atoms with Crippen LogP contribution in [0.5, 0.6) is 0 Å². The molecule has 0 bridgehead atoms. The molecule has 0 amide bonds. The maximum Gasteiger partial charge on any atom is 0.469 e. The quantitative estimate of drug-likeness (QED) is 0.266. The van der Waals surface area contributed by atoms with Crippen LogP contribution in [0.2, 0.25) is 0 Å². The van der Waals surface area contributed by atoms with Gasteiger partial charge in [-0.15, -0.1) is 0 Å². The smallest absolute Gasteiger partial charge is 0.303 e. The average Bonchev–Trinajstić information content (AvgIpc) is 2.34. The van der Waals surface area contributed by atoms with Crippen molar-refractivity contribution in [3.63, 3.8) is 0 Å². The van der Waals surface area contributed by atoms with E-state index in [1.165, 1.54) is 57.8 Å². The largest absolute Gasteiger partial charge is 0.469 e. The summed E-state index contributed by atoms with van der Waals surface area (Å²) in [5.74, 6) is 0. The third kappa shape index (κ3) is 21.0. The minimum atomic E-state index is -4.25. The maximum absolute atomic E-state index is 10.4. The fourth-order valence-electron chi connectivity index (χ4n) is 2.13. The molecule has 0 heterocycles. The van der Waals surface area contributed by atoms with Crippen LogP contribution >= 0.6 is 7.82 Å². The van der Waals surface area contributed by atoms with Gasteiger partial charge < -0.3 is 9.79 Å². The van der Waals surface area contributed by atoms with Crippen LogP contribution in [0.1, 0.15) is 84.0 Å². The summed E-state index contributed by atoms with van der Waals surface area (Å²) in [5, 5.41) is 0. The monoisotopic (exact) mass is 358 g/mol. The van der Waals surface area contributed by atoms with Gasteiger partial charge in [0, 0.05) is 19.5 Å². The third-order valence-corrected chi connectivity index (χ3v) is 3.78. The van der Waals surface area contributed by atoms with Gasteiger partial charge in [0.1, 0.15) is 0 Å². The van der Waals surface area contributed by atoms with Gasteiger partial charge in [0.05, 0.1) is 6.61 Å². The van der Waals surface area contributed by atoms with Gasteiger partial charge in [-0.2, -0.15) is 0 Å². The van der Waals surface area contributed by atoms with E-state index in [2.05, 4.69) is 11.4 Å². The first-order valence-corrected chi connectivity index (χ1v) is 9.29. The molecule has 0 saturated carbocycles. The summed E-state index contributed by atoms with van der Waals surface area (Å²) in [6.45, 7) is 2.41. The Morgan fingerprint density at radius 2 is 1.10 bits per heavy atom. The minimum Gasteiger partial charge on any atom is -0.303 e. The molecule has 0 radical (unpaired) electrons. The molecular formula is C14H31O4PZn. The normalized spacial score (nSPS) is 11.3. The Kier molecular flexibility index (Phi) is 18.5. The molecule has 0 aliphatic rings. The van der Waals surface area contributed by atoms with Crippen molar-refractivity contribution in [2.45, 2.75) is 84.0 Å². The third-order valence-electron chi connectivity index (χ3n) is 3.26. The van der Waals surface area contributed by atoms with Crippen molar-refractivity contribution in [2.75, 3.05) is 6.61 Å². The molecule has 118 valence electrons. The summed E-state index contributed by atoms with van der Waals surface area (Å²) in [5.41, 5.74) is 0. The van der Waals surface area contributed by atoms with E-state index in [1.54, 1.807) is 0 Å². The maximum atomic E-state index is 10.4. The van der Waals surface area contributed by atoms with Crippen LogP contribution in [0, 0.1) is 0 Å². The van der Waals surface area contributed by atoms with Gasteiger partial charge in [-0.05, 0) is 6.42 Å². The predicted octanol–water partition coefficient (Wildman–Crippen LogP) is 4.79. The van der Waals surface area contributed by atoms with Gasteiger partial charge in [0.25, 0.3) is 0 Å². The molecule has 0 atom stereocenters.